The van der Waals surface area contributed by atoms with E-state index in [4.69, 9.17) is 0 Å². The molecule has 38 heavy (non-hydrogen) atoms. The van der Waals surface area contributed by atoms with E-state index in [1.165, 1.54) is 4.90 Å². The highest BCUT2D eigenvalue weighted by Gasteiger charge is 2.47. The molecule has 3 aromatic rings. The van der Waals surface area contributed by atoms with Crippen LogP contribution >= 0.6 is 11.3 Å². The van der Waals surface area contributed by atoms with E-state index in [0.717, 1.165) is 27.3 Å². The van der Waals surface area contributed by atoms with Crippen molar-refractivity contribution in [1.29, 1.82) is 0 Å². The van der Waals surface area contributed by atoms with E-state index >= 15 is 4.39 Å². The van der Waals surface area contributed by atoms with Gasteiger partial charge in [0.1, 0.15) is 18.3 Å². The molecule has 1 N–H and O–H groups in total. The lowest BCUT2D eigenvalue weighted by Gasteiger charge is -2.35. The molecule has 7 nitrogen and oxygen atoms in total. The Morgan fingerprint density at radius 1 is 1.16 bits per heavy atom. The lowest BCUT2D eigenvalue weighted by Crippen LogP contribution is -2.55. The van der Waals surface area contributed by atoms with Crippen LogP contribution in [0, 0.1) is 19.8 Å². The lowest BCUT2D eigenvalue weighted by molar-refractivity contribution is -0.143. The largest absolute Gasteiger partial charge is 0.326 e. The Hall–Kier alpha value is -3.59. The molecule has 3 amide bonds. The van der Waals surface area contributed by atoms with Gasteiger partial charge in [0.25, 0.3) is 5.91 Å². The van der Waals surface area contributed by atoms with Gasteiger partial charge in [-0.2, -0.15) is 0 Å². The number of halogens is 1. The molecule has 1 saturated heterocycles. The van der Waals surface area contributed by atoms with E-state index < -0.39 is 30.1 Å². The number of carbonyl (C=O) groups is 3. The first-order valence-corrected chi connectivity index (χ1v) is 13.7. The Morgan fingerprint density at radius 2 is 1.92 bits per heavy atom. The standard InChI is InChI=1S/C29H31FN4O3S/c1-16(2)24(34-14-20-7-5-6-8-21(20)28(34)36)29(37)33-12-11-22(30)25(33)27(35)32-23-10-9-19(13-17(23)3)26-18(4)31-15-38-26/h5-10,13,15-16,22,24-25H,11-12,14H2,1-4H3,(H,32,35)/t22?,24-,25?/m0/s1. The van der Waals surface area contributed by atoms with Crippen LogP contribution in [0.3, 0.4) is 0 Å². The number of nitrogens with one attached hydrogen (secondary N) is 1. The second-order valence-electron chi connectivity index (χ2n) is 10.3. The monoisotopic (exact) mass is 534 g/mol. The number of hydrogen-bond donors (Lipinski definition) is 1. The minimum absolute atomic E-state index is 0.0748. The van der Waals surface area contributed by atoms with Gasteiger partial charge < -0.3 is 15.1 Å². The third kappa shape index (κ3) is 4.60. The normalized spacial score (nSPS) is 19.7. The summed E-state index contributed by atoms with van der Waals surface area (Å²) in [5.74, 6) is -1.38. The summed E-state index contributed by atoms with van der Waals surface area (Å²) in [6.45, 7) is 8.00. The van der Waals surface area contributed by atoms with Crippen molar-refractivity contribution in [2.45, 2.75) is 58.9 Å². The Labute approximate surface area is 225 Å². The van der Waals surface area contributed by atoms with Crippen molar-refractivity contribution >= 4 is 34.7 Å². The van der Waals surface area contributed by atoms with Crippen LogP contribution in [-0.2, 0) is 16.1 Å². The van der Waals surface area contributed by atoms with Crippen molar-refractivity contribution in [3.8, 4) is 10.4 Å². The van der Waals surface area contributed by atoms with Crippen LogP contribution in [0.4, 0.5) is 10.1 Å². The molecule has 0 spiro atoms. The van der Waals surface area contributed by atoms with Crippen molar-refractivity contribution in [2.75, 3.05) is 11.9 Å². The number of hydrogen-bond acceptors (Lipinski definition) is 5. The SMILES string of the molecule is Cc1cc(-c2scnc2C)ccc1NC(=O)C1C(F)CCN1C(=O)[C@H](C(C)C)N1Cc2ccccc2C1=O. The zero-order valence-corrected chi connectivity index (χ0v) is 22.7. The third-order valence-corrected chi connectivity index (χ3v) is 8.42. The van der Waals surface area contributed by atoms with Gasteiger partial charge in [0.2, 0.25) is 11.8 Å². The number of carbonyl (C=O) groups excluding carboxylic acids is 3. The summed E-state index contributed by atoms with van der Waals surface area (Å²) in [5, 5.41) is 2.85. The first-order chi connectivity index (χ1) is 18.2. The molecule has 2 aliphatic heterocycles. The van der Waals surface area contributed by atoms with Crippen molar-refractivity contribution in [1.82, 2.24) is 14.8 Å². The first-order valence-electron chi connectivity index (χ1n) is 12.8. The Kier molecular flexibility index (Phi) is 7.05. The molecule has 0 aliphatic carbocycles. The van der Waals surface area contributed by atoms with Gasteiger partial charge in [-0.05, 0) is 61.1 Å². The molecule has 0 radical (unpaired) electrons. The first kappa shape index (κ1) is 26.0. The molecule has 1 aromatic heterocycles. The highest BCUT2D eigenvalue weighted by Crippen LogP contribution is 2.33. The quantitative estimate of drug-likeness (QED) is 0.483. The molecule has 3 atom stereocenters. The summed E-state index contributed by atoms with van der Waals surface area (Å²) in [5.41, 5.74) is 6.57. The van der Waals surface area contributed by atoms with E-state index in [2.05, 4.69) is 10.3 Å². The highest BCUT2D eigenvalue weighted by molar-refractivity contribution is 7.13. The van der Waals surface area contributed by atoms with E-state index in [0.29, 0.717) is 17.8 Å². The van der Waals surface area contributed by atoms with Gasteiger partial charge in [-0.1, -0.05) is 38.1 Å². The third-order valence-electron chi connectivity index (χ3n) is 7.44. The molecule has 0 saturated carbocycles. The molecule has 2 aliphatic rings. The van der Waals surface area contributed by atoms with Crippen molar-refractivity contribution in [3.05, 3.63) is 70.4 Å². The summed E-state index contributed by atoms with van der Waals surface area (Å²) in [6.07, 6.45) is -1.41. The molecule has 2 aromatic carbocycles. The van der Waals surface area contributed by atoms with E-state index in [1.54, 1.807) is 39.9 Å². The van der Waals surface area contributed by atoms with Crippen molar-refractivity contribution in [3.63, 3.8) is 0 Å². The number of anilines is 1. The number of thiazole rings is 1. The number of rotatable bonds is 6. The van der Waals surface area contributed by atoms with Crippen LogP contribution in [0.5, 0.6) is 0 Å². The summed E-state index contributed by atoms with van der Waals surface area (Å²) in [6, 6.07) is 10.9. The number of aromatic nitrogens is 1. The molecule has 1 fully saturated rings. The van der Waals surface area contributed by atoms with Crippen LogP contribution in [-0.4, -0.2) is 57.3 Å². The molecule has 9 heteroatoms. The fourth-order valence-electron chi connectivity index (χ4n) is 5.49. The molecular weight excluding hydrogens is 503 g/mol. The van der Waals surface area contributed by atoms with Crippen molar-refractivity contribution in [2.24, 2.45) is 5.92 Å². The fraction of sp³-hybridized carbons (Fsp3) is 0.379. The summed E-state index contributed by atoms with van der Waals surface area (Å²) >= 11 is 1.55. The summed E-state index contributed by atoms with van der Waals surface area (Å²) in [4.78, 5) is 48.6. The van der Waals surface area contributed by atoms with Gasteiger partial charge in [-0.3, -0.25) is 14.4 Å². The predicted octanol–water partition coefficient (Wildman–Crippen LogP) is 4.99. The molecule has 0 bridgehead atoms. The number of amides is 3. The maximum atomic E-state index is 15.1. The van der Waals surface area contributed by atoms with Crippen LogP contribution < -0.4 is 5.32 Å². The van der Waals surface area contributed by atoms with Gasteiger partial charge in [-0.15, -0.1) is 11.3 Å². The van der Waals surface area contributed by atoms with Gasteiger partial charge in [-0.25, -0.2) is 9.37 Å². The van der Waals surface area contributed by atoms with E-state index in [1.807, 2.05) is 52.0 Å². The Morgan fingerprint density at radius 3 is 2.58 bits per heavy atom. The number of aryl methyl sites for hydroxylation is 2. The van der Waals surface area contributed by atoms with Gasteiger partial charge in [0.05, 0.1) is 16.1 Å². The summed E-state index contributed by atoms with van der Waals surface area (Å²) in [7, 11) is 0. The Balaban J connectivity index is 1.36. The van der Waals surface area contributed by atoms with Gasteiger partial charge in [0, 0.05) is 24.3 Å². The van der Waals surface area contributed by atoms with Crippen LogP contribution in [0.1, 0.15) is 47.4 Å². The predicted molar refractivity (Wildman–Crippen MR) is 146 cm³/mol. The van der Waals surface area contributed by atoms with Crippen LogP contribution in [0.2, 0.25) is 0 Å². The van der Waals surface area contributed by atoms with Crippen molar-refractivity contribution < 1.29 is 18.8 Å². The second kappa shape index (κ2) is 10.3. The zero-order chi connectivity index (χ0) is 27.1. The molecule has 2 unspecified atom stereocenters. The smallest absolute Gasteiger partial charge is 0.255 e. The van der Waals surface area contributed by atoms with Crippen LogP contribution in [0.15, 0.2) is 48.0 Å². The topological polar surface area (TPSA) is 82.6 Å². The number of benzene rings is 2. The number of fused-ring (bicyclic) bond motifs is 1. The average molecular weight is 535 g/mol. The highest BCUT2D eigenvalue weighted by atomic mass is 32.1. The fourth-order valence-corrected chi connectivity index (χ4v) is 6.29. The average Bonchev–Trinajstić information content (AvgIpc) is 3.57. The molecule has 198 valence electrons. The maximum absolute atomic E-state index is 15.1. The number of alkyl halides is 1. The Bertz CT molecular complexity index is 1400. The number of likely N-dealkylation sites (tertiary alicyclic amines) is 1. The molecular formula is C29H31FN4O3S. The summed E-state index contributed by atoms with van der Waals surface area (Å²) < 4.78 is 15.1. The minimum atomic E-state index is -1.49. The second-order valence-corrected chi connectivity index (χ2v) is 11.2. The van der Waals surface area contributed by atoms with Crippen LogP contribution in [0.25, 0.3) is 10.4 Å². The molecule has 5 rings (SSSR count). The lowest BCUT2D eigenvalue weighted by atomic mass is 10.00. The zero-order valence-electron chi connectivity index (χ0n) is 21.9. The van der Waals surface area contributed by atoms with Gasteiger partial charge in [0.15, 0.2) is 0 Å². The number of nitrogens with zero attached hydrogens (tertiary/aromatic N) is 3. The van der Waals surface area contributed by atoms with Gasteiger partial charge >= 0.3 is 0 Å². The van der Waals surface area contributed by atoms with E-state index in [9.17, 15) is 14.4 Å². The maximum Gasteiger partial charge on any atom is 0.255 e. The minimum Gasteiger partial charge on any atom is -0.326 e. The van der Waals surface area contributed by atoms with E-state index in [-0.39, 0.29) is 24.8 Å². The molecule has 3 heterocycles.